The molecule has 308 valence electrons. The minimum absolute atomic E-state index is 0.000897. The SMILES string of the molecule is CCC1=C2C=CN=C2C[NH+]1c1c2c(cc3c(=O)cc(C)oc13)CC(OOCC(O)(Cc1ccc(O)cc1)C(O)C(O)C(O)CO)C1(CC=CC(C3CNC(=O)C3)C1)O2. The average Bonchev–Trinajstić information content (AvgIpc) is 3.94. The zero-order valence-electron chi connectivity index (χ0n) is 32.4. The molecule has 0 radical (unpaired) electrons. The van der Waals surface area contributed by atoms with Crippen LogP contribution in [0.5, 0.6) is 11.5 Å². The molecule has 1 fully saturated rings. The van der Waals surface area contributed by atoms with Crippen LogP contribution in [0.25, 0.3) is 11.0 Å². The van der Waals surface area contributed by atoms with Gasteiger partial charge in [-0.05, 0) is 55.0 Å². The monoisotopic (exact) mass is 800 g/mol. The summed E-state index contributed by atoms with van der Waals surface area (Å²) in [4.78, 5) is 43.8. The van der Waals surface area contributed by atoms with E-state index in [1.807, 2.05) is 12.2 Å². The summed E-state index contributed by atoms with van der Waals surface area (Å²) in [7, 11) is 0. The summed E-state index contributed by atoms with van der Waals surface area (Å²) in [5.74, 6) is 0.886. The quantitative estimate of drug-likeness (QED) is 0.0692. The van der Waals surface area contributed by atoms with Crippen LogP contribution in [0, 0.1) is 18.8 Å². The lowest BCUT2D eigenvalue weighted by atomic mass is 9.71. The van der Waals surface area contributed by atoms with Gasteiger partial charge in [0.25, 0.3) is 0 Å². The van der Waals surface area contributed by atoms with Crippen LogP contribution in [-0.4, -0.2) is 104 Å². The van der Waals surface area contributed by atoms with Crippen molar-refractivity contribution in [2.45, 2.75) is 88.0 Å². The lowest BCUT2D eigenvalue weighted by molar-refractivity contribution is -0.776. The van der Waals surface area contributed by atoms with Gasteiger partial charge >= 0.3 is 0 Å². The summed E-state index contributed by atoms with van der Waals surface area (Å²) in [6.07, 6.45) is 3.10. The number of aliphatic hydroxyl groups excluding tert-OH is 4. The van der Waals surface area contributed by atoms with Crippen molar-refractivity contribution in [3.8, 4) is 11.5 Å². The molecule has 9 unspecified atom stereocenters. The Bertz CT molecular complexity index is 2270. The number of allylic oxidation sites excluding steroid dienone is 3. The molecule has 1 aromatic heterocycles. The largest absolute Gasteiger partial charge is 0.508 e. The molecular formula is C43H50N3O12+. The molecule has 1 amide bonds. The van der Waals surface area contributed by atoms with E-state index in [-0.39, 0.29) is 41.8 Å². The number of fused-ring (bicyclic) bond motifs is 3. The van der Waals surface area contributed by atoms with Crippen molar-refractivity contribution < 1.29 is 59.3 Å². The number of aliphatic imine (C=N–C) groups is 1. The number of nitrogens with one attached hydrogen (secondary N) is 2. The van der Waals surface area contributed by atoms with Crippen molar-refractivity contribution >= 4 is 28.3 Å². The van der Waals surface area contributed by atoms with Crippen LogP contribution in [0.2, 0.25) is 0 Å². The number of carbonyl (C=O) groups is 1. The summed E-state index contributed by atoms with van der Waals surface area (Å²) < 4.78 is 13.7. The maximum atomic E-state index is 13.7. The molecule has 4 aliphatic heterocycles. The van der Waals surface area contributed by atoms with Crippen molar-refractivity contribution in [2.24, 2.45) is 16.8 Å². The fourth-order valence-electron chi connectivity index (χ4n) is 9.28. The van der Waals surface area contributed by atoms with Crippen LogP contribution >= 0.6 is 0 Å². The molecule has 1 saturated heterocycles. The summed E-state index contributed by atoms with van der Waals surface area (Å²) in [6, 6.07) is 9.08. The van der Waals surface area contributed by atoms with Crippen molar-refractivity contribution in [1.29, 1.82) is 0 Å². The molecule has 5 aliphatic rings. The van der Waals surface area contributed by atoms with Crippen LogP contribution in [0.3, 0.4) is 0 Å². The van der Waals surface area contributed by atoms with E-state index in [9.17, 15) is 40.2 Å². The molecule has 5 heterocycles. The second-order valence-electron chi connectivity index (χ2n) is 16.2. The number of benzene rings is 2. The first-order valence-electron chi connectivity index (χ1n) is 19.8. The first kappa shape index (κ1) is 40.1. The second kappa shape index (κ2) is 15.8. The van der Waals surface area contributed by atoms with E-state index in [1.165, 1.54) is 30.3 Å². The third-order valence-corrected chi connectivity index (χ3v) is 12.4. The van der Waals surface area contributed by atoms with E-state index in [2.05, 4.69) is 23.3 Å². The van der Waals surface area contributed by atoms with Crippen LogP contribution in [-0.2, 0) is 27.4 Å². The smallest absolute Gasteiger partial charge is 0.222 e. The molecule has 15 heteroatoms. The lowest BCUT2D eigenvalue weighted by Gasteiger charge is -2.47. The molecule has 0 bridgehead atoms. The van der Waals surface area contributed by atoms with E-state index < -0.39 is 48.8 Å². The average molecular weight is 801 g/mol. The summed E-state index contributed by atoms with van der Waals surface area (Å²) in [5, 5.41) is 66.8. The van der Waals surface area contributed by atoms with Gasteiger partial charge in [0.05, 0.1) is 17.6 Å². The minimum Gasteiger partial charge on any atom is -0.508 e. The highest BCUT2D eigenvalue weighted by molar-refractivity contribution is 6.07. The zero-order valence-corrected chi connectivity index (χ0v) is 32.4. The van der Waals surface area contributed by atoms with Crippen molar-refractivity contribution in [2.75, 3.05) is 26.3 Å². The van der Waals surface area contributed by atoms with Gasteiger partial charge < -0.3 is 45.1 Å². The van der Waals surface area contributed by atoms with E-state index in [0.29, 0.717) is 78.1 Å². The predicted octanol–water partition coefficient (Wildman–Crippen LogP) is 1.11. The molecule has 3 aromatic rings. The van der Waals surface area contributed by atoms with Crippen LogP contribution in [0.15, 0.2) is 86.3 Å². The number of aromatic hydroxyl groups is 1. The molecule has 15 nitrogen and oxygen atoms in total. The predicted molar refractivity (Wildman–Crippen MR) is 209 cm³/mol. The maximum absolute atomic E-state index is 13.7. The number of quaternary nitrogens is 1. The molecule has 58 heavy (non-hydrogen) atoms. The van der Waals surface area contributed by atoms with Crippen LogP contribution in [0.4, 0.5) is 5.69 Å². The van der Waals surface area contributed by atoms with Gasteiger partial charge in [0.1, 0.15) is 71.7 Å². The van der Waals surface area contributed by atoms with Gasteiger partial charge in [0, 0.05) is 56.5 Å². The van der Waals surface area contributed by atoms with Gasteiger partial charge in [-0.2, -0.15) is 0 Å². The van der Waals surface area contributed by atoms with Crippen molar-refractivity contribution in [3.63, 3.8) is 0 Å². The van der Waals surface area contributed by atoms with E-state index >= 15 is 0 Å². The lowest BCUT2D eigenvalue weighted by Crippen LogP contribution is -3.04. The highest BCUT2D eigenvalue weighted by Gasteiger charge is 2.53. The fraction of sp³-hybridized carbons (Fsp3) is 0.465. The highest BCUT2D eigenvalue weighted by atomic mass is 17.2. The number of hydrogen-bond acceptors (Lipinski definition) is 13. The number of phenolic OH excluding ortho intramolecular Hbond substituents is 1. The Balaban J connectivity index is 1.19. The Hall–Kier alpha value is -4.71. The van der Waals surface area contributed by atoms with E-state index in [1.54, 1.807) is 19.2 Å². The van der Waals surface area contributed by atoms with Gasteiger partial charge in [-0.1, -0.05) is 31.2 Å². The Morgan fingerprint density at radius 1 is 1.14 bits per heavy atom. The number of ether oxygens (including phenoxy) is 1. The molecule has 0 saturated carbocycles. The molecule has 8 rings (SSSR count). The Morgan fingerprint density at radius 3 is 2.66 bits per heavy atom. The second-order valence-corrected chi connectivity index (χ2v) is 16.2. The number of rotatable bonds is 13. The number of phenols is 1. The third-order valence-electron chi connectivity index (χ3n) is 12.4. The summed E-state index contributed by atoms with van der Waals surface area (Å²) in [6.45, 7) is 3.27. The van der Waals surface area contributed by atoms with Crippen molar-refractivity contribution in [3.05, 3.63) is 99.2 Å². The Kier molecular flexibility index (Phi) is 10.9. The highest BCUT2D eigenvalue weighted by Crippen LogP contribution is 2.49. The molecule has 8 N–H and O–H groups in total. The molecular weight excluding hydrogens is 750 g/mol. The topological polar surface area (TPSA) is 225 Å². The standard InChI is InChI=1S/C43H49N3O12/c1-3-32-29-10-12-44-31(29)20-46(32)37-39-26(14-30-33(49)13-23(2)56-40(30)37)15-35(43(57-39)11-4-5-25(18-43)27-16-36(51)45-19-27)58-55-22-42(54,41(53)38(52)34(50)21-47)17-24-6-8-28(48)9-7-24/h4-10,12-14,25,27,34-35,38,41,47-48,50,52-54H,3,11,15-22H2,1-2H3,(H,45,51)/p+1. The number of aryl methyl sites for hydroxylation is 1. The maximum Gasteiger partial charge on any atom is 0.222 e. The van der Waals surface area contributed by atoms with Crippen LogP contribution in [0.1, 0.15) is 49.5 Å². The van der Waals surface area contributed by atoms with Crippen LogP contribution < -0.4 is 20.4 Å². The van der Waals surface area contributed by atoms with Gasteiger partial charge in [-0.15, -0.1) is 0 Å². The number of carbonyl (C=O) groups excluding carboxylic acids is 1. The number of hydrogen-bond donors (Lipinski definition) is 8. The van der Waals surface area contributed by atoms with Gasteiger partial charge in [0.2, 0.25) is 17.2 Å². The fourth-order valence-corrected chi connectivity index (χ4v) is 9.28. The van der Waals surface area contributed by atoms with E-state index in [4.69, 9.17) is 18.9 Å². The minimum atomic E-state index is -2.27. The number of aliphatic hydroxyl groups is 5. The molecule has 1 spiro atoms. The summed E-state index contributed by atoms with van der Waals surface area (Å²) >= 11 is 0. The molecule has 9 atom stereocenters. The Morgan fingerprint density at radius 2 is 1.93 bits per heavy atom. The zero-order chi connectivity index (χ0) is 40.9. The number of nitrogens with zero attached hydrogens (tertiary/aromatic N) is 1. The van der Waals surface area contributed by atoms with Gasteiger partial charge in [-0.3, -0.25) is 19.5 Å². The third kappa shape index (κ3) is 7.30. The number of amides is 1. The molecule has 2 aromatic carbocycles. The summed E-state index contributed by atoms with van der Waals surface area (Å²) in [5.41, 5.74) is 1.75. The first-order valence-corrected chi connectivity index (χ1v) is 19.8. The van der Waals surface area contributed by atoms with Crippen molar-refractivity contribution in [1.82, 2.24) is 5.32 Å². The van der Waals surface area contributed by atoms with E-state index in [0.717, 1.165) is 21.9 Å². The van der Waals surface area contributed by atoms with Gasteiger partial charge in [0.15, 0.2) is 11.2 Å². The normalized spacial score (nSPS) is 27.6. The first-order chi connectivity index (χ1) is 27.8. The molecule has 1 aliphatic carbocycles. The van der Waals surface area contributed by atoms with Gasteiger partial charge in [-0.25, -0.2) is 9.78 Å². The Labute approximate surface area is 334 Å².